The molecule has 0 unspecified atom stereocenters. The molecule has 22 heavy (non-hydrogen) atoms. The lowest BCUT2D eigenvalue weighted by Crippen LogP contribution is -2.05. The van der Waals surface area contributed by atoms with Crippen LogP contribution >= 0.6 is 0 Å². The van der Waals surface area contributed by atoms with Gasteiger partial charge in [-0.2, -0.15) is 0 Å². The molecule has 0 aliphatic heterocycles. The van der Waals surface area contributed by atoms with Gasteiger partial charge in [0.1, 0.15) is 0 Å². The highest BCUT2D eigenvalue weighted by atomic mass is 16.1. The SMILES string of the molecule is CC(=Cc1cccccc1=NC=O)Nc1cc(N)ccc1C. The van der Waals surface area contributed by atoms with Gasteiger partial charge < -0.3 is 11.1 Å². The van der Waals surface area contributed by atoms with Gasteiger partial charge in [0.2, 0.25) is 6.41 Å². The van der Waals surface area contributed by atoms with Crippen LogP contribution in [0.2, 0.25) is 0 Å². The number of nitrogen functional groups attached to an aromatic ring is 1. The average molecular weight is 293 g/mol. The van der Waals surface area contributed by atoms with Crippen molar-refractivity contribution in [2.24, 2.45) is 4.99 Å². The van der Waals surface area contributed by atoms with Crippen LogP contribution in [0.5, 0.6) is 0 Å². The molecule has 0 atom stereocenters. The zero-order valence-electron chi connectivity index (χ0n) is 12.7. The van der Waals surface area contributed by atoms with E-state index < -0.39 is 0 Å². The lowest BCUT2D eigenvalue weighted by Gasteiger charge is -2.10. The topological polar surface area (TPSA) is 67.5 Å². The van der Waals surface area contributed by atoms with Crippen LogP contribution < -0.4 is 16.4 Å². The van der Waals surface area contributed by atoms with Crippen molar-refractivity contribution in [3.05, 3.63) is 70.7 Å². The van der Waals surface area contributed by atoms with Crippen molar-refractivity contribution >= 4 is 23.9 Å². The molecular formula is C18H19N3O. The lowest BCUT2D eigenvalue weighted by molar-refractivity contribution is -0.107. The highest BCUT2D eigenvalue weighted by Crippen LogP contribution is 2.20. The van der Waals surface area contributed by atoms with Crippen molar-refractivity contribution in [3.63, 3.8) is 0 Å². The van der Waals surface area contributed by atoms with Gasteiger partial charge in [0.05, 0.1) is 5.36 Å². The summed E-state index contributed by atoms with van der Waals surface area (Å²) in [6.07, 6.45) is 2.50. The second-order valence-electron chi connectivity index (χ2n) is 5.01. The van der Waals surface area contributed by atoms with Crippen LogP contribution in [0.3, 0.4) is 0 Å². The number of nitrogens with two attached hydrogens (primary N) is 1. The molecule has 0 spiro atoms. The van der Waals surface area contributed by atoms with E-state index in [0.717, 1.165) is 22.5 Å². The fourth-order valence-corrected chi connectivity index (χ4v) is 2.10. The van der Waals surface area contributed by atoms with Crippen molar-refractivity contribution in [1.82, 2.24) is 0 Å². The third kappa shape index (κ3) is 4.06. The van der Waals surface area contributed by atoms with E-state index in [2.05, 4.69) is 10.3 Å². The summed E-state index contributed by atoms with van der Waals surface area (Å²) in [6.45, 7) is 3.98. The summed E-state index contributed by atoms with van der Waals surface area (Å²) in [4.78, 5) is 14.5. The molecule has 2 aromatic rings. The van der Waals surface area contributed by atoms with Crippen molar-refractivity contribution in [2.75, 3.05) is 11.1 Å². The molecule has 0 radical (unpaired) electrons. The van der Waals surface area contributed by atoms with E-state index in [9.17, 15) is 4.79 Å². The van der Waals surface area contributed by atoms with E-state index >= 15 is 0 Å². The van der Waals surface area contributed by atoms with Gasteiger partial charge in [0.15, 0.2) is 0 Å². The summed E-state index contributed by atoms with van der Waals surface area (Å²) >= 11 is 0. The molecular weight excluding hydrogens is 274 g/mol. The lowest BCUT2D eigenvalue weighted by atomic mass is 10.1. The monoisotopic (exact) mass is 293 g/mol. The zero-order chi connectivity index (χ0) is 15.9. The summed E-state index contributed by atoms with van der Waals surface area (Å²) in [5.41, 5.74) is 10.4. The molecule has 0 aromatic heterocycles. The first-order valence-electron chi connectivity index (χ1n) is 6.98. The average Bonchev–Trinajstić information content (AvgIpc) is 2.69. The van der Waals surface area contributed by atoms with Gasteiger partial charge in [-0.1, -0.05) is 30.3 Å². The maximum Gasteiger partial charge on any atom is 0.233 e. The van der Waals surface area contributed by atoms with Gasteiger partial charge in [-0.05, 0) is 43.7 Å². The first kappa shape index (κ1) is 15.5. The van der Waals surface area contributed by atoms with Gasteiger partial charge in [0, 0.05) is 22.6 Å². The molecule has 0 bridgehead atoms. The molecule has 4 nitrogen and oxygen atoms in total. The minimum absolute atomic E-state index is 0.553. The van der Waals surface area contributed by atoms with Gasteiger partial charge in [-0.25, -0.2) is 4.99 Å². The number of nitrogens with zero attached hydrogens (tertiary/aromatic N) is 1. The fraction of sp³-hybridized carbons (Fsp3) is 0.111. The van der Waals surface area contributed by atoms with Gasteiger partial charge in [-0.15, -0.1) is 0 Å². The summed E-state index contributed by atoms with van der Waals surface area (Å²) < 4.78 is 0. The highest BCUT2D eigenvalue weighted by Gasteiger charge is 2.00. The molecule has 0 heterocycles. The number of amides is 1. The molecule has 1 amide bonds. The summed E-state index contributed by atoms with van der Waals surface area (Å²) in [5.74, 6) is 0. The summed E-state index contributed by atoms with van der Waals surface area (Å²) in [6, 6.07) is 15.1. The molecule has 0 aliphatic rings. The quantitative estimate of drug-likeness (QED) is 0.672. The standard InChI is InChI=1S/C18H19N3O/c1-13-8-9-16(19)11-18(13)21-14(2)10-15-6-4-3-5-7-17(15)20-12-22/h3-12,21H,19H2,1-2H3. The predicted molar refractivity (Wildman–Crippen MR) is 90.9 cm³/mol. The number of nitrogens with one attached hydrogen (secondary N) is 1. The van der Waals surface area contributed by atoms with Crippen LogP contribution in [-0.2, 0) is 4.79 Å². The Morgan fingerprint density at radius 1 is 1.18 bits per heavy atom. The fourth-order valence-electron chi connectivity index (χ4n) is 2.10. The summed E-state index contributed by atoms with van der Waals surface area (Å²) in [5, 5.41) is 3.96. The highest BCUT2D eigenvalue weighted by molar-refractivity contribution is 5.65. The molecule has 0 saturated heterocycles. The van der Waals surface area contributed by atoms with Gasteiger partial charge in [-0.3, -0.25) is 4.79 Å². The number of carbonyl (C=O) groups is 1. The second kappa shape index (κ2) is 7.22. The number of hydrogen-bond donors (Lipinski definition) is 2. The molecule has 3 N–H and O–H groups in total. The zero-order valence-corrected chi connectivity index (χ0v) is 12.7. The van der Waals surface area contributed by atoms with Crippen LogP contribution in [0.15, 0.2) is 59.2 Å². The van der Waals surface area contributed by atoms with E-state index in [-0.39, 0.29) is 0 Å². The maximum atomic E-state index is 10.7. The van der Waals surface area contributed by atoms with Crippen LogP contribution in [0.25, 0.3) is 6.08 Å². The third-order valence-electron chi connectivity index (χ3n) is 3.21. The molecule has 4 heteroatoms. The van der Waals surface area contributed by atoms with Crippen LogP contribution in [-0.4, -0.2) is 6.41 Å². The number of allylic oxidation sites excluding steroid dienone is 1. The minimum Gasteiger partial charge on any atom is -0.399 e. The smallest absolute Gasteiger partial charge is 0.233 e. The van der Waals surface area contributed by atoms with Crippen molar-refractivity contribution in [3.8, 4) is 0 Å². The van der Waals surface area contributed by atoms with E-state index in [1.807, 2.05) is 62.4 Å². The van der Waals surface area contributed by atoms with Crippen molar-refractivity contribution < 1.29 is 4.79 Å². The molecule has 0 aliphatic carbocycles. The Labute approximate surface area is 130 Å². The van der Waals surface area contributed by atoms with E-state index in [1.165, 1.54) is 0 Å². The molecule has 2 rings (SSSR count). The van der Waals surface area contributed by atoms with Crippen LogP contribution in [0, 0.1) is 6.92 Å². The molecule has 0 saturated carbocycles. The normalized spacial score (nSPS) is 12.1. The largest absolute Gasteiger partial charge is 0.399 e. The van der Waals surface area contributed by atoms with Crippen molar-refractivity contribution in [1.29, 1.82) is 0 Å². The van der Waals surface area contributed by atoms with E-state index in [1.54, 1.807) is 6.07 Å². The Morgan fingerprint density at radius 3 is 2.73 bits per heavy atom. The van der Waals surface area contributed by atoms with E-state index in [0.29, 0.717) is 17.5 Å². The maximum absolute atomic E-state index is 10.7. The predicted octanol–water partition coefficient (Wildman–Crippen LogP) is 3.11. The van der Waals surface area contributed by atoms with E-state index in [4.69, 9.17) is 5.73 Å². The number of rotatable bonds is 4. The Balaban J connectivity index is 2.38. The molecule has 0 fully saturated rings. The van der Waals surface area contributed by atoms with Gasteiger partial charge in [0.25, 0.3) is 0 Å². The Hall–Kier alpha value is -2.88. The Bertz CT molecular complexity index is 779. The summed E-state index contributed by atoms with van der Waals surface area (Å²) in [7, 11) is 0. The first-order valence-corrected chi connectivity index (χ1v) is 6.98. The molecule has 112 valence electrons. The second-order valence-corrected chi connectivity index (χ2v) is 5.01. The van der Waals surface area contributed by atoms with Gasteiger partial charge >= 0.3 is 0 Å². The third-order valence-corrected chi connectivity index (χ3v) is 3.21. The minimum atomic E-state index is 0.553. The first-order chi connectivity index (χ1) is 10.6. The number of carbonyl (C=O) groups excluding carboxylic acids is 1. The Kier molecular flexibility index (Phi) is 5.09. The number of hydrogen-bond acceptors (Lipinski definition) is 3. The Morgan fingerprint density at radius 2 is 1.95 bits per heavy atom. The van der Waals surface area contributed by atoms with Crippen LogP contribution in [0.1, 0.15) is 18.1 Å². The number of benzene rings is 1. The number of aryl methyl sites for hydroxylation is 1. The van der Waals surface area contributed by atoms with Crippen LogP contribution in [0.4, 0.5) is 11.4 Å². The molecule has 2 aromatic carbocycles. The number of anilines is 2. The van der Waals surface area contributed by atoms with Crippen molar-refractivity contribution in [2.45, 2.75) is 13.8 Å².